The third kappa shape index (κ3) is 3.88. The average Bonchev–Trinajstić information content (AvgIpc) is 2.46. The summed E-state index contributed by atoms with van der Waals surface area (Å²) in [4.78, 5) is 11.8. The predicted molar refractivity (Wildman–Crippen MR) is 81.1 cm³/mol. The van der Waals surface area contributed by atoms with Gasteiger partial charge in [-0.05, 0) is 30.3 Å². The van der Waals surface area contributed by atoms with Crippen molar-refractivity contribution in [1.29, 1.82) is 5.26 Å². The number of carbonyl (C=O) groups is 1. The van der Waals surface area contributed by atoms with Gasteiger partial charge in [0.25, 0.3) is 5.91 Å². The molecule has 0 aliphatic heterocycles. The maximum atomic E-state index is 11.8. The molecule has 3 N–H and O–H groups in total. The molecule has 5 nitrogen and oxygen atoms in total. The molecule has 0 saturated carbocycles. The minimum atomic E-state index is -0.348. The van der Waals surface area contributed by atoms with Crippen LogP contribution in [-0.4, -0.2) is 12.5 Å². The SMILES string of the molecule is N#Cc1ccc(NC(=O)COc2ccccc2N)cc1Cl. The van der Waals surface area contributed by atoms with E-state index in [2.05, 4.69) is 5.32 Å². The van der Waals surface area contributed by atoms with Crippen molar-refractivity contribution in [3.8, 4) is 11.8 Å². The third-order valence-corrected chi connectivity index (χ3v) is 2.96. The Morgan fingerprint density at radius 3 is 2.76 bits per heavy atom. The lowest BCUT2D eigenvalue weighted by Gasteiger charge is -2.09. The van der Waals surface area contributed by atoms with Crippen molar-refractivity contribution in [2.45, 2.75) is 0 Å². The predicted octanol–water partition coefficient (Wildman–Crippen LogP) is 2.81. The van der Waals surface area contributed by atoms with E-state index in [-0.39, 0.29) is 17.5 Å². The Kier molecular flexibility index (Phi) is 4.64. The van der Waals surface area contributed by atoms with Crippen LogP contribution in [0.15, 0.2) is 42.5 Å². The molecule has 106 valence electrons. The zero-order valence-electron chi connectivity index (χ0n) is 11.0. The number of rotatable bonds is 4. The number of ether oxygens (including phenoxy) is 1. The molecule has 21 heavy (non-hydrogen) atoms. The Hall–Kier alpha value is -2.71. The van der Waals surface area contributed by atoms with Gasteiger partial charge in [0.1, 0.15) is 11.8 Å². The maximum Gasteiger partial charge on any atom is 0.262 e. The summed E-state index contributed by atoms with van der Waals surface area (Å²) in [5.74, 6) is 0.101. The highest BCUT2D eigenvalue weighted by Crippen LogP contribution is 2.21. The topological polar surface area (TPSA) is 88.1 Å². The van der Waals surface area contributed by atoms with E-state index in [0.717, 1.165) is 0 Å². The maximum absolute atomic E-state index is 11.8. The van der Waals surface area contributed by atoms with E-state index in [4.69, 9.17) is 27.3 Å². The molecule has 0 heterocycles. The number of nitrogen functional groups attached to an aromatic ring is 1. The number of benzene rings is 2. The van der Waals surface area contributed by atoms with E-state index in [0.29, 0.717) is 22.7 Å². The van der Waals surface area contributed by atoms with Crippen LogP contribution < -0.4 is 15.8 Å². The summed E-state index contributed by atoms with van der Waals surface area (Å²) < 4.78 is 5.32. The second-order valence-corrected chi connectivity index (χ2v) is 4.59. The van der Waals surface area contributed by atoms with Gasteiger partial charge in [-0.15, -0.1) is 0 Å². The van der Waals surface area contributed by atoms with Crippen molar-refractivity contribution in [2.75, 3.05) is 17.7 Å². The summed E-state index contributed by atoms with van der Waals surface area (Å²) in [7, 11) is 0. The largest absolute Gasteiger partial charge is 0.482 e. The Morgan fingerprint density at radius 2 is 2.10 bits per heavy atom. The molecule has 0 aliphatic carbocycles. The van der Waals surface area contributed by atoms with Crippen molar-refractivity contribution in [2.24, 2.45) is 0 Å². The summed E-state index contributed by atoms with van der Waals surface area (Å²) in [6, 6.07) is 13.5. The molecule has 0 aliphatic rings. The lowest BCUT2D eigenvalue weighted by Crippen LogP contribution is -2.20. The lowest BCUT2D eigenvalue weighted by atomic mass is 10.2. The molecule has 0 bridgehead atoms. The molecule has 0 saturated heterocycles. The van der Waals surface area contributed by atoms with Crippen molar-refractivity contribution in [3.63, 3.8) is 0 Å². The molecule has 0 fully saturated rings. The van der Waals surface area contributed by atoms with Crippen LogP contribution in [0.1, 0.15) is 5.56 Å². The van der Waals surface area contributed by atoms with E-state index in [9.17, 15) is 4.79 Å². The summed E-state index contributed by atoms with van der Waals surface area (Å²) in [6.07, 6.45) is 0. The Balaban J connectivity index is 1.95. The van der Waals surface area contributed by atoms with Gasteiger partial charge in [0, 0.05) is 5.69 Å². The summed E-state index contributed by atoms with van der Waals surface area (Å²) in [5, 5.41) is 11.7. The first-order valence-corrected chi connectivity index (χ1v) is 6.45. The zero-order chi connectivity index (χ0) is 15.2. The van der Waals surface area contributed by atoms with Gasteiger partial charge < -0.3 is 15.8 Å². The average molecular weight is 302 g/mol. The quantitative estimate of drug-likeness (QED) is 0.850. The van der Waals surface area contributed by atoms with E-state index >= 15 is 0 Å². The van der Waals surface area contributed by atoms with Crippen LogP contribution in [0.25, 0.3) is 0 Å². The van der Waals surface area contributed by atoms with E-state index in [1.165, 1.54) is 12.1 Å². The second kappa shape index (κ2) is 6.64. The van der Waals surface area contributed by atoms with Crippen LogP contribution in [0.5, 0.6) is 5.75 Å². The molecule has 0 spiro atoms. The molecule has 0 aromatic heterocycles. The third-order valence-electron chi connectivity index (χ3n) is 2.65. The number of nitriles is 1. The molecule has 0 atom stereocenters. The van der Waals surface area contributed by atoms with E-state index in [1.807, 2.05) is 6.07 Å². The fourth-order valence-corrected chi connectivity index (χ4v) is 1.86. The molecule has 0 unspecified atom stereocenters. The van der Waals surface area contributed by atoms with Gasteiger partial charge in [0.2, 0.25) is 0 Å². The number of nitrogens with one attached hydrogen (secondary N) is 1. The summed E-state index contributed by atoms with van der Waals surface area (Å²) >= 11 is 5.89. The monoisotopic (exact) mass is 301 g/mol. The van der Waals surface area contributed by atoms with Gasteiger partial charge in [-0.25, -0.2) is 0 Å². The van der Waals surface area contributed by atoms with Gasteiger partial charge in [0.05, 0.1) is 16.3 Å². The van der Waals surface area contributed by atoms with Crippen molar-refractivity contribution in [3.05, 3.63) is 53.1 Å². The molecule has 1 amide bonds. The molecule has 0 radical (unpaired) electrons. The fourth-order valence-electron chi connectivity index (χ4n) is 1.64. The smallest absolute Gasteiger partial charge is 0.262 e. The van der Waals surface area contributed by atoms with Crippen LogP contribution >= 0.6 is 11.6 Å². The van der Waals surface area contributed by atoms with Gasteiger partial charge in [-0.1, -0.05) is 23.7 Å². The van der Waals surface area contributed by atoms with Crippen molar-refractivity contribution >= 4 is 28.9 Å². The Bertz CT molecular complexity index is 710. The van der Waals surface area contributed by atoms with Gasteiger partial charge in [-0.2, -0.15) is 5.26 Å². The molecule has 2 aromatic rings. The Labute approximate surface area is 126 Å². The first-order chi connectivity index (χ1) is 10.1. The molecular weight excluding hydrogens is 290 g/mol. The van der Waals surface area contributed by atoms with E-state index < -0.39 is 0 Å². The van der Waals surface area contributed by atoms with Crippen LogP contribution in [-0.2, 0) is 4.79 Å². The molecule has 6 heteroatoms. The number of hydrogen-bond acceptors (Lipinski definition) is 4. The van der Waals surface area contributed by atoms with Crippen LogP contribution in [0.3, 0.4) is 0 Å². The minimum absolute atomic E-state index is 0.175. The summed E-state index contributed by atoms with van der Waals surface area (Å²) in [5.41, 5.74) is 7.02. The van der Waals surface area contributed by atoms with Crippen molar-refractivity contribution in [1.82, 2.24) is 0 Å². The summed E-state index contributed by atoms with van der Waals surface area (Å²) in [6.45, 7) is -0.175. The highest BCUT2D eigenvalue weighted by Gasteiger charge is 2.07. The van der Waals surface area contributed by atoms with Crippen LogP contribution in [0.2, 0.25) is 5.02 Å². The minimum Gasteiger partial charge on any atom is -0.482 e. The number of para-hydroxylation sites is 2. The Morgan fingerprint density at radius 1 is 1.33 bits per heavy atom. The first-order valence-electron chi connectivity index (χ1n) is 6.07. The number of carbonyl (C=O) groups excluding carboxylic acids is 1. The molecular formula is C15H12ClN3O2. The number of halogens is 1. The second-order valence-electron chi connectivity index (χ2n) is 4.18. The van der Waals surface area contributed by atoms with E-state index in [1.54, 1.807) is 30.3 Å². The molecule has 2 aromatic carbocycles. The first kappa shape index (κ1) is 14.7. The highest BCUT2D eigenvalue weighted by atomic mass is 35.5. The van der Waals surface area contributed by atoms with Crippen molar-refractivity contribution < 1.29 is 9.53 Å². The van der Waals surface area contributed by atoms with Gasteiger partial charge in [-0.3, -0.25) is 4.79 Å². The molecule has 2 rings (SSSR count). The highest BCUT2D eigenvalue weighted by molar-refractivity contribution is 6.32. The number of nitrogens with two attached hydrogens (primary N) is 1. The number of anilines is 2. The number of amides is 1. The van der Waals surface area contributed by atoms with Gasteiger partial charge >= 0.3 is 0 Å². The normalized spacial score (nSPS) is 9.71. The van der Waals surface area contributed by atoms with Gasteiger partial charge in [0.15, 0.2) is 6.61 Å². The number of hydrogen-bond donors (Lipinski definition) is 2. The zero-order valence-corrected chi connectivity index (χ0v) is 11.7. The standard InChI is InChI=1S/C15H12ClN3O2/c16-12-7-11(6-5-10(12)8-17)19-15(20)9-21-14-4-2-1-3-13(14)18/h1-7H,9,18H2,(H,19,20). The number of nitrogens with zero attached hydrogens (tertiary/aromatic N) is 1. The van der Waals surface area contributed by atoms with Crippen LogP contribution in [0.4, 0.5) is 11.4 Å². The van der Waals surface area contributed by atoms with Crippen LogP contribution in [0, 0.1) is 11.3 Å². The fraction of sp³-hybridized carbons (Fsp3) is 0.0667. The lowest BCUT2D eigenvalue weighted by molar-refractivity contribution is -0.118.